The first-order chi connectivity index (χ1) is 10.9. The highest BCUT2D eigenvalue weighted by atomic mass is 16.4. The lowest BCUT2D eigenvalue weighted by Gasteiger charge is -2.00. The van der Waals surface area contributed by atoms with Crippen LogP contribution in [0.2, 0.25) is 0 Å². The smallest absolute Gasteiger partial charge is 0.335 e. The molecule has 0 aliphatic rings. The van der Waals surface area contributed by atoms with Gasteiger partial charge in [-0.1, -0.05) is 17.9 Å². The van der Waals surface area contributed by atoms with Crippen LogP contribution in [0.1, 0.15) is 42.2 Å². The maximum absolute atomic E-state index is 11.0. The van der Waals surface area contributed by atoms with Crippen molar-refractivity contribution in [2.24, 2.45) is 0 Å². The van der Waals surface area contributed by atoms with Crippen LogP contribution >= 0.6 is 0 Å². The average molecular weight is 310 g/mol. The van der Waals surface area contributed by atoms with E-state index in [2.05, 4.69) is 11.8 Å². The fourth-order valence-electron chi connectivity index (χ4n) is 1.82. The van der Waals surface area contributed by atoms with Crippen LogP contribution in [0.25, 0.3) is 0 Å². The molecule has 0 bridgehead atoms. The second kappa shape index (κ2) is 6.45. The molecule has 0 radical (unpaired) electrons. The van der Waals surface area contributed by atoms with Gasteiger partial charge in [0.1, 0.15) is 0 Å². The van der Waals surface area contributed by atoms with E-state index in [4.69, 9.17) is 15.3 Å². The van der Waals surface area contributed by atoms with Crippen molar-refractivity contribution in [2.45, 2.75) is 0 Å². The topological polar surface area (TPSA) is 112 Å². The zero-order valence-electron chi connectivity index (χ0n) is 11.6. The Morgan fingerprint density at radius 2 is 1.13 bits per heavy atom. The number of hydrogen-bond donors (Lipinski definition) is 3. The molecule has 3 N–H and O–H groups in total. The van der Waals surface area contributed by atoms with E-state index in [1.165, 1.54) is 30.3 Å². The van der Waals surface area contributed by atoms with E-state index < -0.39 is 17.9 Å². The number of carboxylic acid groups (broad SMARTS) is 3. The third-order valence-electron chi connectivity index (χ3n) is 2.89. The Morgan fingerprint density at radius 1 is 0.652 bits per heavy atom. The fraction of sp³-hybridized carbons (Fsp3) is 0. The van der Waals surface area contributed by atoms with Gasteiger partial charge in [-0.25, -0.2) is 14.4 Å². The normalized spacial score (nSPS) is 9.57. The Balaban J connectivity index is 2.44. The molecule has 0 spiro atoms. The standard InChI is InChI=1S/C17H10O6/c18-15(19)12-3-1-2-10(6-12)4-5-11-7-13(16(20)21)9-14(8-11)17(22)23/h1-3,6-9H,(H,18,19)(H,20,21)(H,22,23). The first kappa shape index (κ1) is 15.8. The van der Waals surface area contributed by atoms with Gasteiger partial charge in [0.15, 0.2) is 0 Å². The van der Waals surface area contributed by atoms with E-state index >= 15 is 0 Å². The molecule has 0 aliphatic heterocycles. The van der Waals surface area contributed by atoms with Gasteiger partial charge in [-0.05, 0) is 36.4 Å². The van der Waals surface area contributed by atoms with E-state index in [1.54, 1.807) is 6.07 Å². The molecule has 2 rings (SSSR count). The summed E-state index contributed by atoms with van der Waals surface area (Å²) in [6.45, 7) is 0. The first-order valence-corrected chi connectivity index (χ1v) is 6.34. The largest absolute Gasteiger partial charge is 0.478 e. The Kier molecular flexibility index (Phi) is 4.43. The minimum atomic E-state index is -1.26. The monoisotopic (exact) mass is 310 g/mol. The first-order valence-electron chi connectivity index (χ1n) is 6.34. The lowest BCUT2D eigenvalue weighted by molar-refractivity contribution is 0.0682. The molecular formula is C17H10O6. The number of aromatic carboxylic acids is 3. The summed E-state index contributed by atoms with van der Waals surface area (Å²) in [6, 6.07) is 9.46. The van der Waals surface area contributed by atoms with Crippen molar-refractivity contribution < 1.29 is 29.7 Å². The number of carboxylic acids is 3. The van der Waals surface area contributed by atoms with E-state index in [0.717, 1.165) is 6.07 Å². The maximum Gasteiger partial charge on any atom is 0.335 e. The van der Waals surface area contributed by atoms with Gasteiger partial charge in [0, 0.05) is 11.1 Å². The van der Waals surface area contributed by atoms with Crippen LogP contribution in [0.15, 0.2) is 42.5 Å². The van der Waals surface area contributed by atoms with E-state index in [1.807, 2.05) is 0 Å². The summed E-state index contributed by atoms with van der Waals surface area (Å²) in [6.07, 6.45) is 0. The zero-order chi connectivity index (χ0) is 17.0. The molecule has 23 heavy (non-hydrogen) atoms. The minimum absolute atomic E-state index is 0.0716. The van der Waals surface area contributed by atoms with Gasteiger partial charge in [0.2, 0.25) is 0 Å². The second-order valence-corrected chi connectivity index (χ2v) is 4.55. The van der Waals surface area contributed by atoms with Crippen LogP contribution in [-0.2, 0) is 0 Å². The Labute approximate surface area is 130 Å². The average Bonchev–Trinajstić information content (AvgIpc) is 2.52. The van der Waals surface area contributed by atoms with Crippen LogP contribution in [0, 0.1) is 11.8 Å². The molecular weight excluding hydrogens is 300 g/mol. The van der Waals surface area contributed by atoms with Gasteiger partial charge >= 0.3 is 17.9 Å². The van der Waals surface area contributed by atoms with Crippen LogP contribution in [0.5, 0.6) is 0 Å². The van der Waals surface area contributed by atoms with Crippen molar-refractivity contribution in [3.63, 3.8) is 0 Å². The van der Waals surface area contributed by atoms with Crippen molar-refractivity contribution >= 4 is 17.9 Å². The lowest BCUT2D eigenvalue weighted by Crippen LogP contribution is -2.03. The Morgan fingerprint density at radius 3 is 1.65 bits per heavy atom. The third-order valence-corrected chi connectivity index (χ3v) is 2.89. The summed E-state index contributed by atoms with van der Waals surface area (Å²) < 4.78 is 0. The molecule has 0 unspecified atom stereocenters. The number of benzene rings is 2. The van der Waals surface area contributed by atoms with Gasteiger partial charge in [0.25, 0.3) is 0 Å². The molecule has 2 aromatic carbocycles. The van der Waals surface area contributed by atoms with Crippen LogP contribution in [-0.4, -0.2) is 33.2 Å². The summed E-state index contributed by atoms with van der Waals surface area (Å²) in [7, 11) is 0. The molecule has 0 saturated heterocycles. The maximum atomic E-state index is 11.0. The van der Waals surface area contributed by atoms with Crippen LogP contribution < -0.4 is 0 Å². The molecule has 0 aromatic heterocycles. The summed E-state index contributed by atoms with van der Waals surface area (Å²) >= 11 is 0. The molecule has 6 heteroatoms. The van der Waals surface area contributed by atoms with E-state index in [9.17, 15) is 14.4 Å². The SMILES string of the molecule is O=C(O)c1cccc(C#Cc2cc(C(=O)O)cc(C(=O)O)c2)c1. The second-order valence-electron chi connectivity index (χ2n) is 4.55. The van der Waals surface area contributed by atoms with Gasteiger partial charge in [-0.15, -0.1) is 0 Å². The van der Waals surface area contributed by atoms with Crippen molar-refractivity contribution in [1.82, 2.24) is 0 Å². The minimum Gasteiger partial charge on any atom is -0.478 e. The fourth-order valence-corrected chi connectivity index (χ4v) is 1.82. The van der Waals surface area contributed by atoms with Crippen molar-refractivity contribution in [2.75, 3.05) is 0 Å². The van der Waals surface area contributed by atoms with Crippen molar-refractivity contribution in [1.29, 1.82) is 0 Å². The number of carbonyl (C=O) groups is 3. The molecule has 0 heterocycles. The quantitative estimate of drug-likeness (QED) is 0.749. The Bertz CT molecular complexity index is 838. The number of rotatable bonds is 3. The predicted molar refractivity (Wildman–Crippen MR) is 79.7 cm³/mol. The highest BCUT2D eigenvalue weighted by Crippen LogP contribution is 2.11. The van der Waals surface area contributed by atoms with Gasteiger partial charge in [-0.2, -0.15) is 0 Å². The molecule has 0 saturated carbocycles. The summed E-state index contributed by atoms with van der Waals surface area (Å²) in [5, 5.41) is 26.9. The van der Waals surface area contributed by atoms with Gasteiger partial charge in [0.05, 0.1) is 16.7 Å². The molecule has 2 aromatic rings. The highest BCUT2D eigenvalue weighted by molar-refractivity contribution is 5.94. The molecule has 114 valence electrons. The zero-order valence-corrected chi connectivity index (χ0v) is 11.6. The van der Waals surface area contributed by atoms with E-state index in [0.29, 0.717) is 5.56 Å². The van der Waals surface area contributed by atoms with Crippen LogP contribution in [0.3, 0.4) is 0 Å². The molecule has 0 amide bonds. The lowest BCUT2D eigenvalue weighted by atomic mass is 10.0. The predicted octanol–water partition coefficient (Wildman–Crippen LogP) is 2.18. The number of hydrogen-bond acceptors (Lipinski definition) is 3. The van der Waals surface area contributed by atoms with Gasteiger partial charge < -0.3 is 15.3 Å². The third kappa shape index (κ3) is 3.95. The van der Waals surface area contributed by atoms with Crippen LogP contribution in [0.4, 0.5) is 0 Å². The molecule has 0 atom stereocenters. The molecule has 0 aliphatic carbocycles. The van der Waals surface area contributed by atoms with Gasteiger partial charge in [-0.3, -0.25) is 0 Å². The van der Waals surface area contributed by atoms with Crippen molar-refractivity contribution in [3.8, 4) is 11.8 Å². The van der Waals surface area contributed by atoms with Crippen molar-refractivity contribution in [3.05, 3.63) is 70.3 Å². The van der Waals surface area contributed by atoms with E-state index in [-0.39, 0.29) is 22.3 Å². The molecule has 0 fully saturated rings. The summed E-state index contributed by atoms with van der Waals surface area (Å²) in [4.78, 5) is 32.9. The molecule has 6 nitrogen and oxygen atoms in total. The highest BCUT2D eigenvalue weighted by Gasteiger charge is 2.10. The summed E-state index contributed by atoms with van der Waals surface area (Å²) in [5.74, 6) is 1.73. The summed E-state index contributed by atoms with van der Waals surface area (Å²) in [5.41, 5.74) is 0.329. The Hall–Kier alpha value is -3.59.